The van der Waals surface area contributed by atoms with Crippen molar-refractivity contribution in [2.75, 3.05) is 20.2 Å². The zero-order chi connectivity index (χ0) is 26.2. The number of carbonyl (C=O) groups excluding carboxylic acids is 3. The Hall–Kier alpha value is -3.15. The predicted molar refractivity (Wildman–Crippen MR) is 143 cm³/mol. The van der Waals surface area contributed by atoms with Crippen molar-refractivity contribution in [2.45, 2.75) is 65.3 Å². The van der Waals surface area contributed by atoms with Crippen LogP contribution >= 0.6 is 0 Å². The Labute approximate surface area is 219 Å². The number of fused-ring (bicyclic) bond motifs is 2. The number of ether oxygens (including phenoxy) is 1. The van der Waals surface area contributed by atoms with Crippen molar-refractivity contribution >= 4 is 28.6 Å². The molecule has 0 bridgehead atoms. The van der Waals surface area contributed by atoms with Crippen LogP contribution in [0.25, 0.3) is 10.8 Å². The SMILES string of the molecule is COC(=O)[C@@]12C[C@@H](CC(=O)N3CCCCC3)C(=O)N(Cc3cccc4ccccc34)C1=CCC(C)(C)C2. The topological polar surface area (TPSA) is 66.9 Å². The summed E-state index contributed by atoms with van der Waals surface area (Å²) in [6, 6.07) is 14.3. The quantitative estimate of drug-likeness (QED) is 0.510. The molecule has 0 N–H and O–H groups in total. The Morgan fingerprint density at radius 3 is 2.51 bits per heavy atom. The van der Waals surface area contributed by atoms with Crippen LogP contribution in [0, 0.1) is 16.7 Å². The average Bonchev–Trinajstić information content (AvgIpc) is 2.90. The zero-order valence-corrected chi connectivity index (χ0v) is 22.3. The first kappa shape index (κ1) is 25.5. The number of hydrogen-bond acceptors (Lipinski definition) is 4. The van der Waals surface area contributed by atoms with Gasteiger partial charge in [0.15, 0.2) is 0 Å². The smallest absolute Gasteiger partial charge is 0.317 e. The van der Waals surface area contributed by atoms with E-state index in [1.165, 1.54) is 7.11 Å². The van der Waals surface area contributed by atoms with Crippen LogP contribution in [0.1, 0.15) is 64.4 Å². The Morgan fingerprint density at radius 2 is 1.76 bits per heavy atom. The number of allylic oxidation sites excluding steroid dienone is 1. The highest BCUT2D eigenvalue weighted by molar-refractivity contribution is 5.93. The minimum absolute atomic E-state index is 0.0191. The van der Waals surface area contributed by atoms with Crippen LogP contribution in [0.4, 0.5) is 0 Å². The normalized spacial score (nSPS) is 25.4. The summed E-state index contributed by atoms with van der Waals surface area (Å²) in [7, 11) is 1.43. The lowest BCUT2D eigenvalue weighted by Gasteiger charge is -2.51. The molecule has 0 radical (unpaired) electrons. The molecule has 2 fully saturated rings. The summed E-state index contributed by atoms with van der Waals surface area (Å²) in [4.78, 5) is 44.7. The van der Waals surface area contributed by atoms with Gasteiger partial charge in [0.25, 0.3) is 0 Å². The van der Waals surface area contributed by atoms with E-state index in [4.69, 9.17) is 4.74 Å². The highest BCUT2D eigenvalue weighted by Gasteiger charge is 2.57. The molecule has 3 aliphatic rings. The molecule has 37 heavy (non-hydrogen) atoms. The van der Waals surface area contributed by atoms with Gasteiger partial charge >= 0.3 is 5.97 Å². The summed E-state index contributed by atoms with van der Waals surface area (Å²) in [5.74, 6) is -0.915. The van der Waals surface area contributed by atoms with E-state index in [0.29, 0.717) is 19.4 Å². The third-order valence-electron chi connectivity index (χ3n) is 8.53. The fourth-order valence-electron chi connectivity index (χ4n) is 6.80. The van der Waals surface area contributed by atoms with E-state index < -0.39 is 11.3 Å². The van der Waals surface area contributed by atoms with Crippen molar-refractivity contribution in [1.29, 1.82) is 0 Å². The molecule has 2 aliphatic heterocycles. The Morgan fingerprint density at radius 1 is 1.03 bits per heavy atom. The number of methoxy groups -OCH3 is 1. The predicted octanol–water partition coefficient (Wildman–Crippen LogP) is 5.45. The summed E-state index contributed by atoms with van der Waals surface area (Å²) in [6.45, 7) is 6.17. The minimum atomic E-state index is -0.943. The summed E-state index contributed by atoms with van der Waals surface area (Å²) in [6.07, 6.45) is 7.04. The van der Waals surface area contributed by atoms with Gasteiger partial charge in [0.1, 0.15) is 5.41 Å². The summed E-state index contributed by atoms with van der Waals surface area (Å²) < 4.78 is 5.40. The summed E-state index contributed by atoms with van der Waals surface area (Å²) in [5.41, 5.74) is 0.712. The fourth-order valence-corrected chi connectivity index (χ4v) is 6.80. The van der Waals surface area contributed by atoms with Gasteiger partial charge in [0, 0.05) is 31.1 Å². The maximum atomic E-state index is 14.1. The van der Waals surface area contributed by atoms with Gasteiger partial charge in [-0.3, -0.25) is 14.4 Å². The highest BCUT2D eigenvalue weighted by Crippen LogP contribution is 2.55. The second-order valence-corrected chi connectivity index (χ2v) is 11.8. The van der Waals surface area contributed by atoms with E-state index in [9.17, 15) is 14.4 Å². The number of esters is 1. The minimum Gasteiger partial charge on any atom is -0.468 e. The van der Waals surface area contributed by atoms with Gasteiger partial charge < -0.3 is 14.5 Å². The van der Waals surface area contributed by atoms with Gasteiger partial charge in [-0.25, -0.2) is 0 Å². The molecule has 2 aromatic carbocycles. The molecule has 2 aromatic rings. The van der Waals surface area contributed by atoms with Crippen molar-refractivity contribution in [1.82, 2.24) is 9.80 Å². The molecule has 6 nitrogen and oxygen atoms in total. The lowest BCUT2D eigenvalue weighted by Crippen LogP contribution is -2.55. The number of likely N-dealkylation sites (tertiary alicyclic amines) is 2. The molecular formula is C31H38N2O4. The van der Waals surface area contributed by atoms with E-state index in [0.717, 1.165) is 60.8 Å². The molecule has 1 aliphatic carbocycles. The number of rotatable bonds is 5. The molecule has 0 aromatic heterocycles. The number of amides is 2. The van der Waals surface area contributed by atoms with Crippen molar-refractivity contribution in [3.05, 3.63) is 59.8 Å². The van der Waals surface area contributed by atoms with Crippen LogP contribution in [0.15, 0.2) is 54.2 Å². The Balaban J connectivity index is 1.56. The van der Waals surface area contributed by atoms with Crippen LogP contribution in [-0.4, -0.2) is 47.8 Å². The van der Waals surface area contributed by atoms with Crippen LogP contribution in [0.5, 0.6) is 0 Å². The molecule has 2 saturated heterocycles. The third-order valence-corrected chi connectivity index (χ3v) is 8.53. The van der Waals surface area contributed by atoms with Crippen molar-refractivity contribution in [3.8, 4) is 0 Å². The van der Waals surface area contributed by atoms with E-state index >= 15 is 0 Å². The first-order chi connectivity index (χ1) is 17.7. The average molecular weight is 503 g/mol. The maximum absolute atomic E-state index is 14.1. The van der Waals surface area contributed by atoms with Crippen LogP contribution < -0.4 is 0 Å². The molecular weight excluding hydrogens is 464 g/mol. The largest absolute Gasteiger partial charge is 0.468 e. The third kappa shape index (κ3) is 4.78. The molecule has 5 rings (SSSR count). The van der Waals surface area contributed by atoms with Gasteiger partial charge in [-0.2, -0.15) is 0 Å². The first-order valence-electron chi connectivity index (χ1n) is 13.6. The van der Waals surface area contributed by atoms with E-state index in [2.05, 4.69) is 38.1 Å². The van der Waals surface area contributed by atoms with Crippen LogP contribution in [-0.2, 0) is 25.7 Å². The van der Waals surface area contributed by atoms with Crippen molar-refractivity contribution in [2.24, 2.45) is 16.7 Å². The molecule has 0 unspecified atom stereocenters. The van der Waals surface area contributed by atoms with Crippen molar-refractivity contribution in [3.63, 3.8) is 0 Å². The van der Waals surface area contributed by atoms with Crippen LogP contribution in [0.3, 0.4) is 0 Å². The van der Waals surface area contributed by atoms with Crippen molar-refractivity contribution < 1.29 is 19.1 Å². The summed E-state index contributed by atoms with van der Waals surface area (Å²) >= 11 is 0. The number of carbonyl (C=O) groups is 3. The number of piperidine rings is 2. The van der Waals surface area contributed by atoms with Gasteiger partial charge in [-0.1, -0.05) is 62.4 Å². The van der Waals surface area contributed by atoms with Gasteiger partial charge in [-0.15, -0.1) is 0 Å². The summed E-state index contributed by atoms with van der Waals surface area (Å²) in [5, 5.41) is 2.20. The molecule has 2 heterocycles. The van der Waals surface area contributed by atoms with Crippen LogP contribution in [0.2, 0.25) is 0 Å². The number of benzene rings is 2. The highest BCUT2D eigenvalue weighted by atomic mass is 16.5. The molecule has 2 amide bonds. The zero-order valence-electron chi connectivity index (χ0n) is 22.3. The lowest BCUT2D eigenvalue weighted by atomic mass is 9.59. The van der Waals surface area contributed by atoms with E-state index in [-0.39, 0.29) is 29.6 Å². The van der Waals surface area contributed by atoms with Gasteiger partial charge in [-0.05, 0) is 60.3 Å². The second-order valence-electron chi connectivity index (χ2n) is 11.8. The molecule has 0 spiro atoms. The molecule has 2 atom stereocenters. The Kier molecular flexibility index (Phi) is 6.86. The van der Waals surface area contributed by atoms with Gasteiger partial charge in [0.05, 0.1) is 13.7 Å². The number of nitrogens with zero attached hydrogens (tertiary/aromatic N) is 2. The Bertz CT molecular complexity index is 1240. The lowest BCUT2D eigenvalue weighted by molar-refractivity contribution is -0.163. The van der Waals surface area contributed by atoms with E-state index in [1.54, 1.807) is 4.90 Å². The molecule has 196 valence electrons. The molecule has 6 heteroatoms. The molecule has 0 saturated carbocycles. The first-order valence-corrected chi connectivity index (χ1v) is 13.6. The monoisotopic (exact) mass is 502 g/mol. The van der Waals surface area contributed by atoms with E-state index in [1.807, 2.05) is 29.2 Å². The standard InChI is InChI=1S/C31H38N2O4/c1-30(2)15-14-26-31(21-30,29(36)37-3)19-24(18-27(34)32-16-7-4-8-17-32)28(35)33(26)20-23-12-9-11-22-10-5-6-13-25(22)23/h5-6,9-14,24H,4,7-8,15-21H2,1-3H3/t24-,31-/m1/s1. The maximum Gasteiger partial charge on any atom is 0.317 e. The number of hydrogen-bond donors (Lipinski definition) is 0. The second kappa shape index (κ2) is 9.96. The fraction of sp³-hybridized carbons (Fsp3) is 0.516. The van der Waals surface area contributed by atoms with Gasteiger partial charge in [0.2, 0.25) is 11.8 Å².